The number of nitrogens with zero attached hydrogens (tertiary/aromatic N) is 5. The minimum Gasteiger partial charge on any atom is -0.507 e. The number of halogens is 2. The SMILES string of the molecule is CC(C)(Cc1ccc(F)c(-c2nc(Nc3cncc(N4CCCC(OC5=C(O)CCC=N5)C4)n3)ccc2F)c1)C(=O)O. The molecule has 1 saturated heterocycles. The molecule has 3 N–H and O–H groups in total. The van der Waals surface area contributed by atoms with Crippen molar-refractivity contribution in [3.8, 4) is 11.3 Å². The summed E-state index contributed by atoms with van der Waals surface area (Å²) < 4.78 is 35.7. The molecule has 10 nitrogen and oxygen atoms in total. The summed E-state index contributed by atoms with van der Waals surface area (Å²) >= 11 is 0. The van der Waals surface area contributed by atoms with Crippen LogP contribution in [0.15, 0.2) is 59.4 Å². The van der Waals surface area contributed by atoms with Crippen molar-refractivity contribution in [2.45, 2.75) is 52.1 Å². The van der Waals surface area contributed by atoms with Crippen molar-refractivity contribution >= 4 is 29.6 Å². The van der Waals surface area contributed by atoms with Crippen molar-refractivity contribution in [1.82, 2.24) is 15.0 Å². The molecule has 2 aliphatic rings. The largest absolute Gasteiger partial charge is 0.507 e. The third kappa shape index (κ3) is 6.64. The Bertz CT molecular complexity index is 1540. The Labute approximate surface area is 241 Å². The number of carboxylic acids is 1. The molecular weight excluding hydrogens is 546 g/mol. The van der Waals surface area contributed by atoms with Gasteiger partial charge in [-0.3, -0.25) is 9.78 Å². The fourth-order valence-electron chi connectivity index (χ4n) is 4.88. The van der Waals surface area contributed by atoms with E-state index in [1.54, 1.807) is 26.3 Å². The summed E-state index contributed by atoms with van der Waals surface area (Å²) in [5, 5.41) is 22.6. The molecule has 0 spiro atoms. The standard InChI is InChI=1S/C30H32F2N6O4/c1-30(2,29(40)41)14-18-7-8-21(31)20(13-18)27-22(32)9-10-24(37-27)35-25-15-33-16-26(36-25)38-12-4-5-19(17-38)42-28-23(39)6-3-11-34-28/h7-11,13,15-16,19,39H,3-6,12,14,17H2,1-2H3,(H,40,41)(H,35,36,37). The number of allylic oxidation sites excluding steroid dienone is 1. The Morgan fingerprint density at radius 2 is 1.95 bits per heavy atom. The molecule has 3 aromatic rings. The number of nitrogens with one attached hydrogen (secondary N) is 1. The predicted octanol–water partition coefficient (Wildman–Crippen LogP) is 5.79. The first-order chi connectivity index (χ1) is 20.1. The molecule has 0 aliphatic carbocycles. The van der Waals surface area contributed by atoms with Crippen LogP contribution in [0.1, 0.15) is 45.1 Å². The summed E-state index contributed by atoms with van der Waals surface area (Å²) in [5.41, 5.74) is -0.826. The first kappa shape index (κ1) is 28.9. The lowest BCUT2D eigenvalue weighted by Gasteiger charge is -2.33. The number of ether oxygens (including phenoxy) is 1. The van der Waals surface area contributed by atoms with Gasteiger partial charge in [-0.1, -0.05) is 6.07 Å². The minimum absolute atomic E-state index is 0.0718. The zero-order valence-electron chi connectivity index (χ0n) is 23.3. The highest BCUT2D eigenvalue weighted by molar-refractivity contribution is 5.74. The quantitative estimate of drug-likeness (QED) is 0.288. The van der Waals surface area contributed by atoms with Crippen LogP contribution in [-0.4, -0.2) is 56.5 Å². The number of aliphatic imine (C=N–C) groups is 1. The first-order valence-corrected chi connectivity index (χ1v) is 13.7. The maximum Gasteiger partial charge on any atom is 0.309 e. The number of hydrogen-bond donors (Lipinski definition) is 3. The molecule has 220 valence electrons. The monoisotopic (exact) mass is 578 g/mol. The Balaban J connectivity index is 1.33. The summed E-state index contributed by atoms with van der Waals surface area (Å²) in [7, 11) is 0. The van der Waals surface area contributed by atoms with Gasteiger partial charge in [-0.05, 0) is 69.4 Å². The molecule has 5 rings (SSSR count). The molecule has 0 amide bonds. The second-order valence-electron chi connectivity index (χ2n) is 11.0. The average Bonchev–Trinajstić information content (AvgIpc) is 2.96. The number of aliphatic hydroxyl groups is 1. The molecule has 12 heteroatoms. The highest BCUT2D eigenvalue weighted by Crippen LogP contribution is 2.30. The van der Waals surface area contributed by atoms with Crippen molar-refractivity contribution in [2.24, 2.45) is 10.4 Å². The van der Waals surface area contributed by atoms with Crippen LogP contribution in [0, 0.1) is 17.0 Å². The molecule has 0 bridgehead atoms. The van der Waals surface area contributed by atoms with E-state index in [1.165, 1.54) is 36.5 Å². The molecule has 2 aliphatic heterocycles. The third-order valence-electron chi connectivity index (χ3n) is 7.18. The van der Waals surface area contributed by atoms with Gasteiger partial charge in [0.25, 0.3) is 5.88 Å². The zero-order chi connectivity index (χ0) is 29.9. The summed E-state index contributed by atoms with van der Waals surface area (Å²) in [5.74, 6) is -0.793. The molecule has 2 aromatic heterocycles. The Morgan fingerprint density at radius 3 is 2.74 bits per heavy atom. The Kier molecular flexibility index (Phi) is 8.32. The number of rotatable bonds is 9. The van der Waals surface area contributed by atoms with E-state index in [-0.39, 0.29) is 41.2 Å². The van der Waals surface area contributed by atoms with E-state index >= 15 is 0 Å². The highest BCUT2D eigenvalue weighted by atomic mass is 19.1. The number of carbonyl (C=O) groups is 1. The highest BCUT2D eigenvalue weighted by Gasteiger charge is 2.28. The summed E-state index contributed by atoms with van der Waals surface area (Å²) in [6.45, 7) is 4.40. The van der Waals surface area contributed by atoms with E-state index in [9.17, 15) is 23.8 Å². The number of aliphatic hydroxyl groups excluding tert-OH is 1. The van der Waals surface area contributed by atoms with Crippen molar-refractivity contribution in [3.05, 3.63) is 71.6 Å². The lowest BCUT2D eigenvalue weighted by molar-refractivity contribution is -0.146. The Morgan fingerprint density at radius 1 is 1.14 bits per heavy atom. The molecule has 42 heavy (non-hydrogen) atoms. The van der Waals surface area contributed by atoms with E-state index < -0.39 is 23.0 Å². The third-order valence-corrected chi connectivity index (χ3v) is 7.18. The maximum atomic E-state index is 14.9. The zero-order valence-corrected chi connectivity index (χ0v) is 23.3. The molecule has 1 fully saturated rings. The van der Waals surface area contributed by atoms with Gasteiger partial charge in [0.05, 0.1) is 24.4 Å². The van der Waals surface area contributed by atoms with Crippen LogP contribution < -0.4 is 10.2 Å². The Hall–Kier alpha value is -4.61. The van der Waals surface area contributed by atoms with E-state index in [2.05, 4.69) is 25.3 Å². The van der Waals surface area contributed by atoms with Gasteiger partial charge in [-0.15, -0.1) is 0 Å². The lowest BCUT2D eigenvalue weighted by Crippen LogP contribution is -2.40. The number of piperidine rings is 1. The maximum absolute atomic E-state index is 14.9. The summed E-state index contributed by atoms with van der Waals surface area (Å²) in [4.78, 5) is 31.0. The fraction of sp³-hybridized carbons (Fsp3) is 0.367. The smallest absolute Gasteiger partial charge is 0.309 e. The number of benzene rings is 1. The lowest BCUT2D eigenvalue weighted by atomic mass is 9.85. The average molecular weight is 579 g/mol. The van der Waals surface area contributed by atoms with Crippen LogP contribution in [-0.2, 0) is 16.0 Å². The molecule has 4 heterocycles. The van der Waals surface area contributed by atoms with Gasteiger partial charge in [0, 0.05) is 24.7 Å². The van der Waals surface area contributed by atoms with Crippen LogP contribution in [0.25, 0.3) is 11.3 Å². The van der Waals surface area contributed by atoms with Gasteiger partial charge in [0.2, 0.25) is 0 Å². The van der Waals surface area contributed by atoms with E-state index in [0.29, 0.717) is 36.6 Å². The van der Waals surface area contributed by atoms with E-state index in [0.717, 1.165) is 19.4 Å². The number of anilines is 3. The number of pyridine rings is 1. The van der Waals surface area contributed by atoms with Gasteiger partial charge >= 0.3 is 5.97 Å². The molecular formula is C30H32F2N6O4. The van der Waals surface area contributed by atoms with Gasteiger partial charge in [-0.2, -0.15) is 0 Å². The molecule has 1 unspecified atom stereocenters. The van der Waals surface area contributed by atoms with Gasteiger partial charge in [0.1, 0.15) is 35.1 Å². The van der Waals surface area contributed by atoms with Crippen molar-refractivity contribution in [2.75, 3.05) is 23.3 Å². The van der Waals surface area contributed by atoms with Crippen molar-refractivity contribution in [3.63, 3.8) is 0 Å². The molecule has 0 saturated carbocycles. The van der Waals surface area contributed by atoms with Crippen LogP contribution in [0.4, 0.5) is 26.2 Å². The fourth-order valence-corrected chi connectivity index (χ4v) is 4.88. The summed E-state index contributed by atoms with van der Waals surface area (Å²) in [6, 6.07) is 6.70. The number of carboxylic acid groups (broad SMARTS) is 1. The number of hydrogen-bond acceptors (Lipinski definition) is 9. The van der Waals surface area contributed by atoms with Crippen molar-refractivity contribution in [1.29, 1.82) is 0 Å². The second-order valence-corrected chi connectivity index (χ2v) is 11.0. The minimum atomic E-state index is -1.09. The molecule has 1 aromatic carbocycles. The second kappa shape index (κ2) is 12.1. The van der Waals surface area contributed by atoms with Gasteiger partial charge < -0.3 is 25.2 Å². The number of aliphatic carboxylic acids is 1. The molecule has 1 atom stereocenters. The van der Waals surface area contributed by atoms with Crippen molar-refractivity contribution < 1.29 is 28.5 Å². The van der Waals surface area contributed by atoms with Crippen LogP contribution in [0.2, 0.25) is 0 Å². The van der Waals surface area contributed by atoms with Crippen LogP contribution in [0.3, 0.4) is 0 Å². The van der Waals surface area contributed by atoms with Gasteiger partial charge in [0.15, 0.2) is 11.6 Å². The van der Waals surface area contributed by atoms with Crippen LogP contribution >= 0.6 is 0 Å². The number of aromatic nitrogens is 3. The normalized spacial score (nSPS) is 17.3. The van der Waals surface area contributed by atoms with E-state index in [4.69, 9.17) is 4.74 Å². The van der Waals surface area contributed by atoms with Crippen LogP contribution in [0.5, 0.6) is 0 Å². The topological polar surface area (TPSA) is 133 Å². The van der Waals surface area contributed by atoms with Gasteiger partial charge in [-0.25, -0.2) is 23.7 Å². The first-order valence-electron chi connectivity index (χ1n) is 13.7. The summed E-state index contributed by atoms with van der Waals surface area (Å²) in [6.07, 6.45) is 7.66. The molecule has 0 radical (unpaired) electrons. The predicted molar refractivity (Wildman–Crippen MR) is 154 cm³/mol. The van der Waals surface area contributed by atoms with E-state index in [1.807, 2.05) is 4.90 Å².